The highest BCUT2D eigenvalue weighted by Gasteiger charge is 2.36. The molecule has 1 aromatic carbocycles. The summed E-state index contributed by atoms with van der Waals surface area (Å²) in [5.74, 6) is -1.73. The third-order valence-electron chi connectivity index (χ3n) is 3.65. The van der Waals surface area contributed by atoms with Crippen LogP contribution >= 0.6 is 0 Å². The molecule has 0 aromatic heterocycles. The quantitative estimate of drug-likeness (QED) is 0.645. The van der Waals surface area contributed by atoms with E-state index in [1.807, 2.05) is 0 Å². The van der Waals surface area contributed by atoms with Gasteiger partial charge in [-0.15, -0.1) is 0 Å². The minimum atomic E-state index is -4.87. The molecule has 0 bridgehead atoms. The van der Waals surface area contributed by atoms with Gasteiger partial charge >= 0.3 is 12.4 Å². The van der Waals surface area contributed by atoms with Gasteiger partial charge in [-0.1, -0.05) is 0 Å². The van der Waals surface area contributed by atoms with Crippen molar-refractivity contribution in [1.82, 2.24) is 4.31 Å². The molecule has 1 aliphatic heterocycles. The molecule has 2 rings (SSSR count). The highest BCUT2D eigenvalue weighted by molar-refractivity contribution is 7.89. The van der Waals surface area contributed by atoms with Crippen LogP contribution in [0.1, 0.15) is 18.4 Å². The van der Waals surface area contributed by atoms with Crippen molar-refractivity contribution >= 4 is 10.0 Å². The number of ether oxygens (including phenoxy) is 2. The first-order valence-corrected chi connectivity index (χ1v) is 9.25. The minimum Gasteiger partial charge on any atom is -0.483 e. The van der Waals surface area contributed by atoms with Crippen LogP contribution in [0.2, 0.25) is 0 Å². The van der Waals surface area contributed by atoms with E-state index in [1.165, 1.54) is 6.07 Å². The zero-order valence-corrected chi connectivity index (χ0v) is 14.9. The molecule has 0 N–H and O–H groups in total. The molecule has 1 aromatic rings. The van der Waals surface area contributed by atoms with E-state index in [0.29, 0.717) is 12.8 Å². The molecule has 0 saturated carbocycles. The second-order valence-corrected chi connectivity index (χ2v) is 7.70. The average Bonchev–Trinajstić information content (AvgIpc) is 3.11. The van der Waals surface area contributed by atoms with Gasteiger partial charge in [0.2, 0.25) is 10.0 Å². The maximum absolute atomic E-state index is 12.7. The fourth-order valence-electron chi connectivity index (χ4n) is 2.50. The molecule has 1 fully saturated rings. The van der Waals surface area contributed by atoms with Gasteiger partial charge in [0.05, 0.1) is 0 Å². The van der Waals surface area contributed by atoms with Crippen molar-refractivity contribution in [2.24, 2.45) is 0 Å². The molecule has 156 valence electrons. The van der Waals surface area contributed by atoms with E-state index in [-0.39, 0.29) is 13.1 Å². The minimum absolute atomic E-state index is 0.120. The van der Waals surface area contributed by atoms with E-state index in [9.17, 15) is 40.0 Å². The number of sulfonamides is 1. The molecule has 13 heteroatoms. The summed E-state index contributed by atoms with van der Waals surface area (Å²) in [4.78, 5) is -0.741. The van der Waals surface area contributed by atoms with Crippen LogP contribution in [0.25, 0.3) is 0 Å². The van der Waals surface area contributed by atoms with Crippen LogP contribution in [0.3, 0.4) is 0 Å². The van der Waals surface area contributed by atoms with Gasteiger partial charge in [-0.2, -0.15) is 35.9 Å². The molecule has 28 heavy (non-hydrogen) atoms. The van der Waals surface area contributed by atoms with Crippen molar-refractivity contribution in [3.63, 3.8) is 0 Å². The Morgan fingerprint density at radius 2 is 1.54 bits per heavy atom. The highest BCUT2D eigenvalue weighted by atomic mass is 32.2. The molecule has 0 amide bonds. The molecule has 1 heterocycles. The molecular weight excluding hydrogens is 418 g/mol. The Kier molecular flexibility index (Phi) is 6.34. The van der Waals surface area contributed by atoms with Crippen molar-refractivity contribution in [2.75, 3.05) is 26.3 Å². The lowest BCUT2D eigenvalue weighted by atomic mass is 10.2. The monoisotopic (exact) mass is 432 g/mol. The second kappa shape index (κ2) is 8.04. The Morgan fingerprint density at radius 1 is 1.00 bits per heavy atom. The largest absolute Gasteiger partial charge is 0.483 e. The lowest BCUT2D eigenvalue weighted by Crippen LogP contribution is -2.29. The molecule has 0 radical (unpaired) electrons. The predicted molar refractivity (Wildman–Crippen MR) is 82.2 cm³/mol. The Balaban J connectivity index is 2.53. The molecule has 0 aliphatic carbocycles. The predicted octanol–water partition coefficient (Wildman–Crippen LogP) is 3.22. The van der Waals surface area contributed by atoms with Gasteiger partial charge in [0, 0.05) is 13.1 Å². The van der Waals surface area contributed by atoms with E-state index in [2.05, 4.69) is 9.47 Å². The van der Waals surface area contributed by atoms with Crippen LogP contribution in [0, 0.1) is 11.3 Å². The third kappa shape index (κ3) is 5.41. The smallest absolute Gasteiger partial charge is 0.422 e. The SMILES string of the molecule is N#Cc1c(OCC(F)(F)F)ccc(S(=O)(=O)N2CCCC2)c1OCC(F)(F)F. The Hall–Kier alpha value is -2.20. The van der Waals surface area contributed by atoms with Crippen LogP contribution in [0.15, 0.2) is 17.0 Å². The maximum Gasteiger partial charge on any atom is 0.422 e. The number of hydrogen-bond acceptors (Lipinski definition) is 5. The van der Waals surface area contributed by atoms with Crippen molar-refractivity contribution < 1.29 is 44.2 Å². The number of nitrogens with zero attached hydrogens (tertiary/aromatic N) is 2. The van der Waals surface area contributed by atoms with Crippen molar-refractivity contribution in [2.45, 2.75) is 30.1 Å². The van der Waals surface area contributed by atoms with E-state index < -0.39 is 57.5 Å². The number of benzene rings is 1. The van der Waals surface area contributed by atoms with Crippen LogP contribution in [-0.4, -0.2) is 51.4 Å². The number of halogens is 6. The molecule has 0 spiro atoms. The summed E-state index contributed by atoms with van der Waals surface area (Å²) < 4.78 is 110. The van der Waals surface area contributed by atoms with Crippen molar-refractivity contribution in [3.05, 3.63) is 17.7 Å². The highest BCUT2D eigenvalue weighted by Crippen LogP contribution is 2.38. The van der Waals surface area contributed by atoms with Gasteiger partial charge in [0.1, 0.15) is 22.3 Å². The Morgan fingerprint density at radius 3 is 2.04 bits per heavy atom. The van der Waals surface area contributed by atoms with E-state index in [1.54, 1.807) is 0 Å². The van der Waals surface area contributed by atoms with Crippen LogP contribution in [0.5, 0.6) is 11.5 Å². The zero-order valence-electron chi connectivity index (χ0n) is 14.1. The number of hydrogen-bond donors (Lipinski definition) is 0. The van der Waals surface area contributed by atoms with E-state index >= 15 is 0 Å². The standard InChI is InChI=1S/C15H14F6N2O4S/c16-14(17,18)8-26-11-3-4-12(28(24,25)23-5-1-2-6-23)13(10(11)7-22)27-9-15(19,20)21/h3-4H,1-2,5-6,8-9H2. The molecule has 0 atom stereocenters. The van der Waals surface area contributed by atoms with Gasteiger partial charge in [-0.25, -0.2) is 8.42 Å². The Bertz CT molecular complexity index is 855. The first kappa shape index (κ1) is 22.1. The van der Waals surface area contributed by atoms with Crippen molar-refractivity contribution in [3.8, 4) is 17.6 Å². The number of nitriles is 1. The summed E-state index contributed by atoms with van der Waals surface area (Å²) in [6.07, 6.45) is -8.57. The fourth-order valence-corrected chi connectivity index (χ4v) is 4.15. The summed E-state index contributed by atoms with van der Waals surface area (Å²) in [6, 6.07) is 2.93. The number of alkyl halides is 6. The zero-order chi connectivity index (χ0) is 21.2. The van der Waals surface area contributed by atoms with Gasteiger partial charge in [-0.05, 0) is 25.0 Å². The summed E-state index contributed by atoms with van der Waals surface area (Å²) >= 11 is 0. The van der Waals surface area contributed by atoms with E-state index in [0.717, 1.165) is 16.4 Å². The molecule has 1 saturated heterocycles. The topological polar surface area (TPSA) is 79.6 Å². The van der Waals surface area contributed by atoms with Crippen LogP contribution in [0.4, 0.5) is 26.3 Å². The summed E-state index contributed by atoms with van der Waals surface area (Å²) in [5.41, 5.74) is -0.867. The molecular formula is C15H14F6N2O4S. The molecule has 0 unspecified atom stereocenters. The van der Waals surface area contributed by atoms with Gasteiger partial charge in [-0.3, -0.25) is 0 Å². The second-order valence-electron chi connectivity index (χ2n) is 5.80. The van der Waals surface area contributed by atoms with E-state index in [4.69, 9.17) is 0 Å². The Labute approximate surface area is 156 Å². The van der Waals surface area contributed by atoms with Gasteiger partial charge in [0.15, 0.2) is 19.0 Å². The molecule has 6 nitrogen and oxygen atoms in total. The average molecular weight is 432 g/mol. The number of rotatable bonds is 6. The normalized spacial score (nSPS) is 16.0. The van der Waals surface area contributed by atoms with Gasteiger partial charge < -0.3 is 9.47 Å². The summed E-state index contributed by atoms with van der Waals surface area (Å²) in [5, 5.41) is 9.23. The first-order valence-electron chi connectivity index (χ1n) is 7.81. The summed E-state index contributed by atoms with van der Waals surface area (Å²) in [7, 11) is -4.32. The third-order valence-corrected chi connectivity index (χ3v) is 5.57. The van der Waals surface area contributed by atoms with Crippen LogP contribution < -0.4 is 9.47 Å². The lowest BCUT2D eigenvalue weighted by molar-refractivity contribution is -0.154. The fraction of sp³-hybridized carbons (Fsp3) is 0.533. The lowest BCUT2D eigenvalue weighted by Gasteiger charge is -2.21. The van der Waals surface area contributed by atoms with Crippen molar-refractivity contribution in [1.29, 1.82) is 5.26 Å². The van der Waals surface area contributed by atoms with Gasteiger partial charge in [0.25, 0.3) is 0 Å². The van der Waals surface area contributed by atoms with Crippen LogP contribution in [-0.2, 0) is 10.0 Å². The molecule has 1 aliphatic rings. The summed E-state index contributed by atoms with van der Waals surface area (Å²) in [6.45, 7) is -3.52. The first-order chi connectivity index (χ1) is 12.8. The maximum atomic E-state index is 12.7.